The van der Waals surface area contributed by atoms with Crippen molar-refractivity contribution in [3.63, 3.8) is 0 Å². The molecule has 0 radical (unpaired) electrons. The van der Waals surface area contributed by atoms with Gasteiger partial charge in [0.1, 0.15) is 0 Å². The van der Waals surface area contributed by atoms with Crippen molar-refractivity contribution in [3.8, 4) is 0 Å². The quantitative estimate of drug-likeness (QED) is 0.499. The number of amides is 2. The van der Waals surface area contributed by atoms with Gasteiger partial charge in [-0.3, -0.25) is 9.59 Å². The van der Waals surface area contributed by atoms with Crippen molar-refractivity contribution in [2.75, 3.05) is 45.6 Å². The molecule has 0 bridgehead atoms. The summed E-state index contributed by atoms with van der Waals surface area (Å²) >= 11 is 0. The highest BCUT2D eigenvalue weighted by Crippen LogP contribution is 2.34. The topological polar surface area (TPSA) is 86.1 Å². The molecule has 1 aromatic carbocycles. The number of anilines is 2. The largest absolute Gasteiger partial charge is 0.339 e. The van der Waals surface area contributed by atoms with Gasteiger partial charge in [-0.1, -0.05) is 6.08 Å². The highest BCUT2D eigenvalue weighted by molar-refractivity contribution is 5.94. The van der Waals surface area contributed by atoms with Crippen LogP contribution in [0.2, 0.25) is 0 Å². The number of likely N-dealkylation sites (tertiary alicyclic amines) is 1. The van der Waals surface area contributed by atoms with E-state index in [-0.39, 0.29) is 17.9 Å². The molecule has 2 aromatic heterocycles. The minimum absolute atomic E-state index is 0.0557. The summed E-state index contributed by atoms with van der Waals surface area (Å²) in [6.07, 6.45) is 9.97. The van der Waals surface area contributed by atoms with Gasteiger partial charge in [-0.2, -0.15) is 4.98 Å². The van der Waals surface area contributed by atoms with Crippen LogP contribution in [0, 0.1) is 5.92 Å². The van der Waals surface area contributed by atoms with E-state index in [4.69, 9.17) is 4.98 Å². The summed E-state index contributed by atoms with van der Waals surface area (Å²) in [5.74, 6) is 1.45. The van der Waals surface area contributed by atoms with E-state index in [1.54, 1.807) is 4.52 Å². The van der Waals surface area contributed by atoms with Gasteiger partial charge in [0.25, 0.3) is 5.91 Å². The summed E-state index contributed by atoms with van der Waals surface area (Å²) in [6, 6.07) is 11.9. The number of hydrogen-bond acceptors (Lipinski definition) is 6. The van der Waals surface area contributed by atoms with Crippen LogP contribution < -0.4 is 5.32 Å². The van der Waals surface area contributed by atoms with E-state index in [0.717, 1.165) is 55.8 Å². The lowest BCUT2D eigenvalue weighted by Gasteiger charge is -2.35. The monoisotopic (exact) mass is 527 g/mol. The maximum absolute atomic E-state index is 13.0. The lowest BCUT2D eigenvalue weighted by Crippen LogP contribution is -2.44. The zero-order chi connectivity index (χ0) is 26.9. The van der Waals surface area contributed by atoms with Crippen molar-refractivity contribution in [3.05, 3.63) is 59.8 Å². The predicted molar refractivity (Wildman–Crippen MR) is 152 cm³/mol. The predicted octanol–water partition coefficient (Wildman–Crippen LogP) is 4.05. The van der Waals surface area contributed by atoms with E-state index in [9.17, 15) is 9.59 Å². The summed E-state index contributed by atoms with van der Waals surface area (Å²) in [5, 5.41) is 7.91. The summed E-state index contributed by atoms with van der Waals surface area (Å²) in [4.78, 5) is 36.5. The maximum atomic E-state index is 13.0. The van der Waals surface area contributed by atoms with Crippen LogP contribution in [0.5, 0.6) is 0 Å². The average Bonchev–Trinajstić information content (AvgIpc) is 3.68. The van der Waals surface area contributed by atoms with Crippen LogP contribution in [-0.4, -0.2) is 87.4 Å². The fraction of sp³-hybridized carbons (Fsp3) is 0.467. The second-order valence-corrected chi connectivity index (χ2v) is 11.2. The van der Waals surface area contributed by atoms with Crippen LogP contribution in [0.4, 0.5) is 11.6 Å². The number of carbonyl (C=O) groups excluding carboxylic acids is 2. The fourth-order valence-electron chi connectivity index (χ4n) is 5.63. The molecule has 9 heteroatoms. The molecule has 2 amide bonds. The Kier molecular flexibility index (Phi) is 7.08. The number of aromatic nitrogens is 3. The molecule has 0 spiro atoms. The number of rotatable bonds is 7. The summed E-state index contributed by atoms with van der Waals surface area (Å²) < 4.78 is 1.79. The Morgan fingerprint density at radius 3 is 2.51 bits per heavy atom. The first-order valence-electron chi connectivity index (χ1n) is 14.1. The lowest BCUT2D eigenvalue weighted by atomic mass is 10.00. The van der Waals surface area contributed by atoms with Crippen LogP contribution in [-0.2, 0) is 4.79 Å². The molecule has 1 aliphatic carbocycles. The first kappa shape index (κ1) is 25.6. The second-order valence-electron chi connectivity index (χ2n) is 11.2. The number of pyridine rings is 1. The van der Waals surface area contributed by atoms with Crippen molar-refractivity contribution in [2.24, 2.45) is 5.92 Å². The van der Waals surface area contributed by atoms with Gasteiger partial charge in [-0.05, 0) is 100 Å². The average molecular weight is 528 g/mol. The molecule has 9 nitrogen and oxygen atoms in total. The van der Waals surface area contributed by atoms with Gasteiger partial charge < -0.3 is 20.0 Å². The molecule has 1 N–H and O–H groups in total. The van der Waals surface area contributed by atoms with E-state index in [0.29, 0.717) is 30.4 Å². The van der Waals surface area contributed by atoms with Crippen LogP contribution in [0.15, 0.2) is 48.7 Å². The van der Waals surface area contributed by atoms with Gasteiger partial charge in [0, 0.05) is 55.6 Å². The van der Waals surface area contributed by atoms with Crippen molar-refractivity contribution in [1.29, 1.82) is 0 Å². The number of piperidine rings is 1. The molecule has 1 saturated carbocycles. The minimum atomic E-state index is 0.0557. The Hall–Kier alpha value is -3.72. The number of nitrogens with zero attached hydrogens (tertiary/aromatic N) is 6. The van der Waals surface area contributed by atoms with Crippen LogP contribution in [0.3, 0.4) is 0 Å². The Morgan fingerprint density at radius 1 is 1.05 bits per heavy atom. The molecular weight excluding hydrogens is 490 g/mol. The molecule has 6 rings (SSSR count). The summed E-state index contributed by atoms with van der Waals surface area (Å²) in [5.41, 5.74) is 4.54. The molecule has 0 unspecified atom stereocenters. The molecule has 2 fully saturated rings. The third kappa shape index (κ3) is 5.68. The number of carbonyl (C=O) groups is 2. The Balaban J connectivity index is 1.12. The second kappa shape index (κ2) is 10.8. The van der Waals surface area contributed by atoms with Crippen molar-refractivity contribution in [1.82, 2.24) is 29.3 Å². The van der Waals surface area contributed by atoms with Gasteiger partial charge >= 0.3 is 0 Å². The number of nitrogens with one attached hydrogen (secondary N) is 1. The van der Waals surface area contributed by atoms with E-state index in [1.807, 2.05) is 53.4 Å². The molecular formula is C30H37N7O2. The van der Waals surface area contributed by atoms with Gasteiger partial charge in [-0.25, -0.2) is 4.52 Å². The molecule has 204 valence electrons. The number of benzene rings is 1. The Bertz CT molecular complexity index is 1380. The molecule has 3 aromatic rings. The van der Waals surface area contributed by atoms with Crippen molar-refractivity contribution >= 4 is 34.7 Å². The highest BCUT2D eigenvalue weighted by atomic mass is 16.2. The highest BCUT2D eigenvalue weighted by Gasteiger charge is 2.28. The van der Waals surface area contributed by atoms with Gasteiger partial charge in [0.15, 0.2) is 5.65 Å². The standard InChI is InChI=1S/C30H37N7O2/c1-34-16-13-25(14-17-34)35(2)29(39)23-7-9-24(10-8-23)31-30-32-28-26(4-3-15-37(28)33-30)22-11-18-36(19-12-22)27(38)20-21-5-6-21/h3-4,7-11,15,21,25H,5-6,12-14,16-20H2,1-2H3,(H,31,33). The van der Waals surface area contributed by atoms with Gasteiger partial charge in [0.2, 0.25) is 11.9 Å². The molecule has 4 heterocycles. The zero-order valence-corrected chi connectivity index (χ0v) is 22.8. The van der Waals surface area contributed by atoms with Crippen molar-refractivity contribution in [2.45, 2.75) is 44.6 Å². The molecule has 0 atom stereocenters. The third-order valence-corrected chi connectivity index (χ3v) is 8.37. The Labute approximate surface area is 229 Å². The zero-order valence-electron chi connectivity index (χ0n) is 22.8. The summed E-state index contributed by atoms with van der Waals surface area (Å²) in [7, 11) is 4.04. The minimum Gasteiger partial charge on any atom is -0.339 e. The first-order chi connectivity index (χ1) is 18.9. The van der Waals surface area contributed by atoms with Crippen LogP contribution >= 0.6 is 0 Å². The molecule has 3 aliphatic rings. The normalized spacial score (nSPS) is 18.7. The molecule has 1 saturated heterocycles. The van der Waals surface area contributed by atoms with Crippen LogP contribution in [0.1, 0.15) is 54.4 Å². The van der Waals surface area contributed by atoms with E-state index in [1.165, 1.54) is 18.4 Å². The van der Waals surface area contributed by atoms with E-state index < -0.39 is 0 Å². The lowest BCUT2D eigenvalue weighted by molar-refractivity contribution is -0.131. The maximum Gasteiger partial charge on any atom is 0.253 e. The number of fused-ring (bicyclic) bond motifs is 1. The van der Waals surface area contributed by atoms with E-state index >= 15 is 0 Å². The molecule has 39 heavy (non-hydrogen) atoms. The number of hydrogen-bond donors (Lipinski definition) is 1. The fourth-order valence-corrected chi connectivity index (χ4v) is 5.63. The smallest absolute Gasteiger partial charge is 0.253 e. The van der Waals surface area contributed by atoms with E-state index in [2.05, 4.69) is 34.5 Å². The third-order valence-electron chi connectivity index (χ3n) is 8.37. The Morgan fingerprint density at radius 2 is 1.82 bits per heavy atom. The first-order valence-corrected chi connectivity index (χ1v) is 14.1. The van der Waals surface area contributed by atoms with Crippen molar-refractivity contribution < 1.29 is 9.59 Å². The SMILES string of the molecule is CN1CCC(N(C)C(=O)c2ccc(Nc3nc4c(C5=CCN(C(=O)CC6CC6)CC5)cccn4n3)cc2)CC1. The molecule has 2 aliphatic heterocycles. The van der Waals surface area contributed by atoms with Gasteiger partial charge in [-0.15, -0.1) is 5.10 Å². The van der Waals surface area contributed by atoms with Crippen LogP contribution in [0.25, 0.3) is 11.2 Å². The summed E-state index contributed by atoms with van der Waals surface area (Å²) in [6.45, 7) is 3.44. The van der Waals surface area contributed by atoms with Gasteiger partial charge in [0.05, 0.1) is 0 Å².